The van der Waals surface area contributed by atoms with Crippen LogP contribution in [0.5, 0.6) is 0 Å². The highest BCUT2D eigenvalue weighted by atomic mass is 16.2. The minimum atomic E-state index is -0.722. The second-order valence-corrected chi connectivity index (χ2v) is 6.39. The van der Waals surface area contributed by atoms with Gasteiger partial charge in [0.2, 0.25) is 0 Å². The average molecular weight is 312 g/mol. The number of urea groups is 1. The summed E-state index contributed by atoms with van der Waals surface area (Å²) in [6.07, 6.45) is 2.93. The number of rotatable bonds is 3. The lowest BCUT2D eigenvalue weighted by Gasteiger charge is -2.25. The number of nitrogens with zero attached hydrogens (tertiary/aromatic N) is 1. The van der Waals surface area contributed by atoms with Gasteiger partial charge in [-0.25, -0.2) is 4.79 Å². The van der Waals surface area contributed by atoms with E-state index in [0.29, 0.717) is 0 Å². The number of carbonyl (C=O) groups excluding carboxylic acids is 3. The summed E-state index contributed by atoms with van der Waals surface area (Å²) in [6.45, 7) is 9.89. The van der Waals surface area contributed by atoms with Gasteiger partial charge in [-0.2, -0.15) is 0 Å². The van der Waals surface area contributed by atoms with E-state index in [2.05, 4.69) is 32.7 Å². The molecule has 23 heavy (non-hydrogen) atoms. The number of carbonyl (C=O) groups is 3. The van der Waals surface area contributed by atoms with Crippen molar-refractivity contribution in [2.24, 2.45) is 0 Å². The van der Waals surface area contributed by atoms with E-state index >= 15 is 0 Å². The summed E-state index contributed by atoms with van der Waals surface area (Å²) >= 11 is 0. The molecule has 4 amide bonds. The highest BCUT2D eigenvalue weighted by Gasteiger charge is 2.34. The van der Waals surface area contributed by atoms with E-state index in [9.17, 15) is 14.4 Å². The Morgan fingerprint density at radius 3 is 2.26 bits per heavy atom. The SMILES string of the molecule is C=CCN1C(=O)NC(=O)C(=Cc2ccc(C(C)(C)C)cc2)C1=O. The van der Waals surface area contributed by atoms with E-state index in [0.717, 1.165) is 16.0 Å². The van der Waals surface area contributed by atoms with Crippen LogP contribution in [-0.2, 0) is 15.0 Å². The summed E-state index contributed by atoms with van der Waals surface area (Å²) in [5.41, 5.74) is 1.85. The zero-order valence-electron chi connectivity index (χ0n) is 13.6. The second-order valence-electron chi connectivity index (χ2n) is 6.39. The molecule has 0 bridgehead atoms. The summed E-state index contributed by atoms with van der Waals surface area (Å²) < 4.78 is 0. The third-order valence-corrected chi connectivity index (χ3v) is 3.59. The first-order valence-corrected chi connectivity index (χ1v) is 7.34. The Balaban J connectivity index is 2.33. The van der Waals surface area contributed by atoms with Gasteiger partial charge < -0.3 is 0 Å². The summed E-state index contributed by atoms with van der Waals surface area (Å²) in [5, 5.41) is 2.16. The van der Waals surface area contributed by atoms with Crippen LogP contribution < -0.4 is 5.32 Å². The minimum Gasteiger partial charge on any atom is -0.273 e. The Bertz CT molecular complexity index is 694. The van der Waals surface area contributed by atoms with Crippen LogP contribution in [0, 0.1) is 0 Å². The van der Waals surface area contributed by atoms with Crippen LogP contribution in [0.2, 0.25) is 0 Å². The number of amides is 4. The number of benzene rings is 1. The van der Waals surface area contributed by atoms with Crippen LogP contribution in [-0.4, -0.2) is 29.3 Å². The predicted octanol–water partition coefficient (Wildman–Crippen LogP) is 2.63. The van der Waals surface area contributed by atoms with E-state index in [1.54, 1.807) is 0 Å². The molecule has 5 heteroatoms. The number of hydrogen-bond acceptors (Lipinski definition) is 3. The number of hydrogen-bond donors (Lipinski definition) is 1. The maximum Gasteiger partial charge on any atom is 0.331 e. The molecule has 1 aliphatic rings. The quantitative estimate of drug-likeness (QED) is 0.530. The van der Waals surface area contributed by atoms with Crippen LogP contribution in [0.3, 0.4) is 0 Å². The lowest BCUT2D eigenvalue weighted by molar-refractivity contribution is -0.129. The third-order valence-electron chi connectivity index (χ3n) is 3.59. The smallest absolute Gasteiger partial charge is 0.273 e. The molecule has 5 nitrogen and oxygen atoms in total. The zero-order chi connectivity index (χ0) is 17.2. The highest BCUT2D eigenvalue weighted by molar-refractivity contribution is 6.31. The lowest BCUT2D eigenvalue weighted by Crippen LogP contribution is -2.54. The van der Waals surface area contributed by atoms with Crippen LogP contribution in [0.1, 0.15) is 31.9 Å². The molecule has 1 aliphatic heterocycles. The first-order valence-electron chi connectivity index (χ1n) is 7.34. The highest BCUT2D eigenvalue weighted by Crippen LogP contribution is 2.23. The molecule has 0 unspecified atom stereocenters. The van der Waals surface area contributed by atoms with Crippen molar-refractivity contribution in [1.82, 2.24) is 10.2 Å². The summed E-state index contributed by atoms with van der Waals surface area (Å²) in [4.78, 5) is 36.8. The molecule has 1 heterocycles. The molecule has 0 aromatic heterocycles. The van der Waals surface area contributed by atoms with Crippen LogP contribution in [0.15, 0.2) is 42.5 Å². The molecule has 1 aromatic carbocycles. The van der Waals surface area contributed by atoms with Crippen molar-refractivity contribution in [3.63, 3.8) is 0 Å². The Morgan fingerprint density at radius 2 is 1.74 bits per heavy atom. The third kappa shape index (κ3) is 3.56. The molecular weight excluding hydrogens is 292 g/mol. The molecule has 2 rings (SSSR count). The van der Waals surface area contributed by atoms with Gasteiger partial charge in [0.05, 0.1) is 0 Å². The Labute approximate surface area is 135 Å². The van der Waals surface area contributed by atoms with Crippen molar-refractivity contribution in [2.75, 3.05) is 6.54 Å². The molecule has 1 N–H and O–H groups in total. The molecule has 0 saturated carbocycles. The summed E-state index contributed by atoms with van der Waals surface area (Å²) in [7, 11) is 0. The van der Waals surface area contributed by atoms with Gasteiger partial charge in [-0.15, -0.1) is 6.58 Å². The normalized spacial score (nSPS) is 17.4. The standard InChI is InChI=1S/C18H20N2O3/c1-5-10-20-16(22)14(15(21)19-17(20)23)11-12-6-8-13(9-7-12)18(2,3)4/h5-9,11H,1,10H2,2-4H3,(H,19,21,23). The molecule has 0 atom stereocenters. The number of barbiturate groups is 1. The van der Waals surface area contributed by atoms with Gasteiger partial charge in [0.1, 0.15) is 5.57 Å². The first-order chi connectivity index (χ1) is 10.7. The first kappa shape index (κ1) is 16.7. The van der Waals surface area contributed by atoms with E-state index in [4.69, 9.17) is 0 Å². The van der Waals surface area contributed by atoms with Crippen LogP contribution in [0.4, 0.5) is 4.79 Å². The van der Waals surface area contributed by atoms with Gasteiger partial charge in [-0.1, -0.05) is 51.1 Å². The Hall–Kier alpha value is -2.69. The van der Waals surface area contributed by atoms with E-state index in [-0.39, 0.29) is 17.5 Å². The summed E-state index contributed by atoms with van der Waals surface area (Å²) in [5.74, 6) is -1.29. The average Bonchev–Trinajstić information content (AvgIpc) is 2.47. The topological polar surface area (TPSA) is 66.5 Å². The molecule has 0 aliphatic carbocycles. The molecule has 1 saturated heterocycles. The fourth-order valence-electron chi connectivity index (χ4n) is 2.23. The predicted molar refractivity (Wildman–Crippen MR) is 88.6 cm³/mol. The van der Waals surface area contributed by atoms with Crippen molar-refractivity contribution in [1.29, 1.82) is 0 Å². The maximum absolute atomic E-state index is 12.3. The van der Waals surface area contributed by atoms with Crippen molar-refractivity contribution in [2.45, 2.75) is 26.2 Å². The van der Waals surface area contributed by atoms with Gasteiger partial charge in [-0.3, -0.25) is 19.8 Å². The van der Waals surface area contributed by atoms with Crippen LogP contribution in [0.25, 0.3) is 6.08 Å². The lowest BCUT2D eigenvalue weighted by atomic mass is 9.86. The van der Waals surface area contributed by atoms with Gasteiger partial charge >= 0.3 is 6.03 Å². The fourth-order valence-corrected chi connectivity index (χ4v) is 2.23. The molecular formula is C18H20N2O3. The van der Waals surface area contributed by atoms with Crippen molar-refractivity contribution < 1.29 is 14.4 Å². The van der Waals surface area contributed by atoms with Crippen LogP contribution >= 0.6 is 0 Å². The Morgan fingerprint density at radius 1 is 1.13 bits per heavy atom. The minimum absolute atomic E-state index is 0.0247. The Kier molecular flexibility index (Phi) is 4.50. The monoisotopic (exact) mass is 312 g/mol. The number of imide groups is 2. The molecule has 0 radical (unpaired) electrons. The fraction of sp³-hybridized carbons (Fsp3) is 0.278. The van der Waals surface area contributed by atoms with E-state index in [1.165, 1.54) is 12.2 Å². The largest absolute Gasteiger partial charge is 0.331 e. The van der Waals surface area contributed by atoms with Gasteiger partial charge in [-0.05, 0) is 22.6 Å². The summed E-state index contributed by atoms with van der Waals surface area (Å²) in [6, 6.07) is 6.90. The van der Waals surface area contributed by atoms with Crippen molar-refractivity contribution in [3.8, 4) is 0 Å². The molecule has 1 aromatic rings. The van der Waals surface area contributed by atoms with Crippen molar-refractivity contribution in [3.05, 3.63) is 53.6 Å². The molecule has 120 valence electrons. The van der Waals surface area contributed by atoms with E-state index < -0.39 is 17.8 Å². The van der Waals surface area contributed by atoms with Crippen molar-refractivity contribution >= 4 is 23.9 Å². The van der Waals surface area contributed by atoms with E-state index in [1.807, 2.05) is 24.3 Å². The maximum atomic E-state index is 12.3. The van der Waals surface area contributed by atoms with Gasteiger partial charge in [0.15, 0.2) is 0 Å². The van der Waals surface area contributed by atoms with Gasteiger partial charge in [0.25, 0.3) is 11.8 Å². The number of nitrogens with one attached hydrogen (secondary N) is 1. The molecule has 0 spiro atoms. The molecule has 1 fully saturated rings. The second kappa shape index (κ2) is 6.20. The zero-order valence-corrected chi connectivity index (χ0v) is 13.6. The van der Waals surface area contributed by atoms with Gasteiger partial charge in [0, 0.05) is 6.54 Å².